The molecular formula is C13H12FN3O. The van der Waals surface area contributed by atoms with Crippen LogP contribution in [0.25, 0.3) is 0 Å². The molecule has 1 aromatic heterocycles. The molecule has 0 saturated carbocycles. The summed E-state index contributed by atoms with van der Waals surface area (Å²) in [7, 11) is 0. The first-order valence-corrected chi connectivity index (χ1v) is 5.36. The topological polar surface area (TPSA) is 59.2 Å². The predicted molar refractivity (Wildman–Crippen MR) is 67.9 cm³/mol. The summed E-state index contributed by atoms with van der Waals surface area (Å²) in [4.78, 5) is 16.9. The number of nitrogen functional groups attached to an aromatic ring is 1. The largest absolute Gasteiger partial charge is 0.399 e. The molecule has 92 valence electrons. The molecule has 0 fully saturated rings. The summed E-state index contributed by atoms with van der Waals surface area (Å²) < 4.78 is 13.7. The average Bonchev–Trinajstić information content (AvgIpc) is 2.32. The predicted octanol–water partition coefficient (Wildman–Crippen LogP) is 2.49. The second-order valence-corrected chi connectivity index (χ2v) is 3.75. The maximum atomic E-state index is 13.7. The first kappa shape index (κ1) is 12.0. The molecule has 2 N–H and O–H groups in total. The molecule has 0 spiro atoms. The van der Waals surface area contributed by atoms with Gasteiger partial charge >= 0.3 is 0 Å². The minimum Gasteiger partial charge on any atom is -0.399 e. The summed E-state index contributed by atoms with van der Waals surface area (Å²) in [6, 6.07) is 9.14. The van der Waals surface area contributed by atoms with Crippen LogP contribution >= 0.6 is 0 Å². The Morgan fingerprint density at radius 2 is 2.06 bits per heavy atom. The molecule has 2 aromatic rings. The fourth-order valence-electron chi connectivity index (χ4n) is 1.64. The third-order valence-corrected chi connectivity index (χ3v) is 2.41. The number of halogens is 1. The van der Waals surface area contributed by atoms with Crippen molar-refractivity contribution in [2.24, 2.45) is 0 Å². The summed E-state index contributed by atoms with van der Waals surface area (Å²) in [5.41, 5.74) is 6.26. The highest BCUT2D eigenvalue weighted by molar-refractivity contribution is 5.98. The Labute approximate surface area is 104 Å². The fraction of sp³-hybridized carbons (Fsp3) is 0.0769. The molecule has 5 heteroatoms. The summed E-state index contributed by atoms with van der Waals surface area (Å²) in [5.74, 6) is -0.525. The van der Waals surface area contributed by atoms with E-state index in [0.717, 1.165) is 0 Å². The van der Waals surface area contributed by atoms with Crippen LogP contribution < -0.4 is 10.6 Å². The van der Waals surface area contributed by atoms with Crippen LogP contribution in [-0.4, -0.2) is 10.9 Å². The number of benzene rings is 1. The zero-order valence-electron chi connectivity index (χ0n) is 9.80. The second-order valence-electron chi connectivity index (χ2n) is 3.75. The summed E-state index contributed by atoms with van der Waals surface area (Å²) in [6.07, 6.45) is 1.47. The lowest BCUT2D eigenvalue weighted by molar-refractivity contribution is -0.115. The van der Waals surface area contributed by atoms with Crippen molar-refractivity contribution in [1.29, 1.82) is 0 Å². The number of carbonyl (C=O) groups is 1. The van der Waals surface area contributed by atoms with Gasteiger partial charge < -0.3 is 5.73 Å². The number of rotatable bonds is 2. The van der Waals surface area contributed by atoms with Crippen molar-refractivity contribution in [3.63, 3.8) is 0 Å². The highest BCUT2D eigenvalue weighted by Gasteiger charge is 2.18. The van der Waals surface area contributed by atoms with E-state index >= 15 is 0 Å². The number of hydrogen-bond donors (Lipinski definition) is 1. The molecular weight excluding hydrogens is 233 g/mol. The summed E-state index contributed by atoms with van der Waals surface area (Å²) in [5, 5.41) is 0. The van der Waals surface area contributed by atoms with Gasteiger partial charge in [0.25, 0.3) is 0 Å². The molecule has 1 amide bonds. The van der Waals surface area contributed by atoms with E-state index in [0.29, 0.717) is 11.5 Å². The number of anilines is 3. The lowest BCUT2D eigenvalue weighted by Crippen LogP contribution is -2.24. The Bertz CT molecular complexity index is 586. The lowest BCUT2D eigenvalue weighted by atomic mass is 10.2. The van der Waals surface area contributed by atoms with Crippen LogP contribution in [-0.2, 0) is 4.79 Å². The van der Waals surface area contributed by atoms with Crippen molar-refractivity contribution >= 4 is 23.1 Å². The van der Waals surface area contributed by atoms with Crippen molar-refractivity contribution < 1.29 is 9.18 Å². The number of nitrogens with two attached hydrogens (primary N) is 1. The Morgan fingerprint density at radius 1 is 1.33 bits per heavy atom. The highest BCUT2D eigenvalue weighted by Crippen LogP contribution is 2.27. The van der Waals surface area contributed by atoms with Crippen molar-refractivity contribution in [3.05, 3.63) is 48.4 Å². The van der Waals surface area contributed by atoms with Crippen molar-refractivity contribution in [2.75, 3.05) is 10.6 Å². The molecule has 0 aliphatic rings. The van der Waals surface area contributed by atoms with E-state index < -0.39 is 5.82 Å². The van der Waals surface area contributed by atoms with Crippen LogP contribution in [0.5, 0.6) is 0 Å². The van der Waals surface area contributed by atoms with E-state index in [2.05, 4.69) is 4.98 Å². The number of aromatic nitrogens is 1. The smallest absolute Gasteiger partial charge is 0.229 e. The first-order valence-electron chi connectivity index (χ1n) is 5.36. The molecule has 0 atom stereocenters. The van der Waals surface area contributed by atoms with Gasteiger partial charge in [0.15, 0.2) is 0 Å². The van der Waals surface area contributed by atoms with Gasteiger partial charge in [-0.1, -0.05) is 12.1 Å². The van der Waals surface area contributed by atoms with E-state index in [1.807, 2.05) is 0 Å². The van der Waals surface area contributed by atoms with Crippen LogP contribution in [0.2, 0.25) is 0 Å². The standard InChI is InChI=1S/C13H12FN3O/c1-9(18)17(12-5-3-2-4-11(12)14)13-8-10(15)6-7-16-13/h2-8H,1H3,(H2,15,16). The second kappa shape index (κ2) is 4.83. The third-order valence-electron chi connectivity index (χ3n) is 2.41. The minimum atomic E-state index is -0.489. The molecule has 1 aromatic carbocycles. The highest BCUT2D eigenvalue weighted by atomic mass is 19.1. The molecule has 4 nitrogen and oxygen atoms in total. The molecule has 0 aliphatic heterocycles. The summed E-state index contributed by atoms with van der Waals surface area (Å²) in [6.45, 7) is 1.34. The number of para-hydroxylation sites is 1. The number of carbonyl (C=O) groups excluding carboxylic acids is 1. The molecule has 0 unspecified atom stereocenters. The Morgan fingerprint density at radius 3 is 2.67 bits per heavy atom. The van der Waals surface area contributed by atoms with E-state index in [-0.39, 0.29) is 11.6 Å². The molecule has 0 aliphatic carbocycles. The molecule has 0 bridgehead atoms. The number of pyridine rings is 1. The minimum absolute atomic E-state index is 0.156. The first-order chi connectivity index (χ1) is 8.59. The van der Waals surface area contributed by atoms with E-state index in [1.54, 1.807) is 18.2 Å². The van der Waals surface area contributed by atoms with Crippen molar-refractivity contribution in [1.82, 2.24) is 4.98 Å². The maximum Gasteiger partial charge on any atom is 0.229 e. The number of hydrogen-bond acceptors (Lipinski definition) is 3. The van der Waals surface area contributed by atoms with Gasteiger partial charge in [0.05, 0.1) is 5.69 Å². The molecule has 2 rings (SSSR count). The lowest BCUT2D eigenvalue weighted by Gasteiger charge is -2.20. The van der Waals surface area contributed by atoms with E-state index in [9.17, 15) is 9.18 Å². The van der Waals surface area contributed by atoms with Gasteiger partial charge in [-0.3, -0.25) is 9.69 Å². The van der Waals surface area contributed by atoms with Gasteiger partial charge in [-0.05, 0) is 18.2 Å². The van der Waals surface area contributed by atoms with Crippen LogP contribution in [0.1, 0.15) is 6.92 Å². The van der Waals surface area contributed by atoms with Gasteiger partial charge in [-0.25, -0.2) is 9.37 Å². The summed E-state index contributed by atoms with van der Waals surface area (Å²) >= 11 is 0. The molecule has 0 radical (unpaired) electrons. The van der Waals surface area contributed by atoms with Gasteiger partial charge in [-0.2, -0.15) is 0 Å². The molecule has 0 saturated heterocycles. The van der Waals surface area contributed by atoms with Crippen LogP contribution in [0.3, 0.4) is 0 Å². The monoisotopic (exact) mass is 245 g/mol. The SMILES string of the molecule is CC(=O)N(c1cc(N)ccn1)c1ccccc1F. The van der Waals surface area contributed by atoms with Crippen molar-refractivity contribution in [2.45, 2.75) is 6.92 Å². The van der Waals surface area contributed by atoms with Crippen molar-refractivity contribution in [3.8, 4) is 0 Å². The van der Waals surface area contributed by atoms with Gasteiger partial charge in [-0.15, -0.1) is 0 Å². The maximum absolute atomic E-state index is 13.7. The van der Waals surface area contributed by atoms with Gasteiger partial charge in [0, 0.05) is 24.9 Å². The molecule has 18 heavy (non-hydrogen) atoms. The Kier molecular flexibility index (Phi) is 3.23. The zero-order valence-corrected chi connectivity index (χ0v) is 9.80. The quantitative estimate of drug-likeness (QED) is 0.884. The van der Waals surface area contributed by atoms with Crippen LogP contribution in [0.15, 0.2) is 42.6 Å². The normalized spacial score (nSPS) is 10.1. The van der Waals surface area contributed by atoms with E-state index in [4.69, 9.17) is 5.73 Å². The van der Waals surface area contributed by atoms with Gasteiger partial charge in [0.1, 0.15) is 11.6 Å². The van der Waals surface area contributed by atoms with E-state index in [1.165, 1.54) is 36.2 Å². The van der Waals surface area contributed by atoms with Crippen LogP contribution in [0.4, 0.5) is 21.6 Å². The third kappa shape index (κ3) is 2.29. The molecule has 1 heterocycles. The van der Waals surface area contributed by atoms with Gasteiger partial charge in [0.2, 0.25) is 5.91 Å². The fourth-order valence-corrected chi connectivity index (χ4v) is 1.64. The zero-order chi connectivity index (χ0) is 13.1. The Balaban J connectivity index is 2.54. The number of amides is 1. The Hall–Kier alpha value is -2.43. The number of nitrogens with zero attached hydrogens (tertiary/aromatic N) is 2. The van der Waals surface area contributed by atoms with Crippen LogP contribution in [0, 0.1) is 5.82 Å². The average molecular weight is 245 g/mol.